The van der Waals surface area contributed by atoms with Crippen LogP contribution in [-0.4, -0.2) is 44.1 Å². The lowest BCUT2D eigenvalue weighted by atomic mass is 10.2. The number of esters is 2. The van der Waals surface area contributed by atoms with Crippen LogP contribution in [0, 0.1) is 0 Å². The van der Waals surface area contributed by atoms with Gasteiger partial charge in [-0.25, -0.2) is 4.79 Å². The molecule has 0 unspecified atom stereocenters. The van der Waals surface area contributed by atoms with Crippen molar-refractivity contribution < 1.29 is 33.4 Å². The highest BCUT2D eigenvalue weighted by molar-refractivity contribution is 6.31. The minimum Gasteiger partial charge on any atom is -0.495 e. The summed E-state index contributed by atoms with van der Waals surface area (Å²) in [6.07, 6.45) is 1.01. The van der Waals surface area contributed by atoms with Crippen molar-refractivity contribution in [3.63, 3.8) is 0 Å². The number of hydrogen-bond acceptors (Lipinski definition) is 7. The first-order valence-electron chi connectivity index (χ1n) is 10.7. The Morgan fingerprint density at radius 3 is 2.32 bits per heavy atom. The largest absolute Gasteiger partial charge is 0.495 e. The maximum Gasteiger partial charge on any atom is 0.338 e. The summed E-state index contributed by atoms with van der Waals surface area (Å²) in [5.74, 6) is -1.41. The normalized spacial score (nSPS) is 10.2. The number of methoxy groups -OCH3 is 1. The lowest BCUT2D eigenvalue weighted by Gasteiger charge is -2.10. The molecule has 34 heavy (non-hydrogen) atoms. The first kappa shape index (κ1) is 26.7. The van der Waals surface area contributed by atoms with Gasteiger partial charge in [0.25, 0.3) is 5.91 Å². The number of carbonyl (C=O) groups is 4. The number of ether oxygens (including phenoxy) is 3. The van der Waals surface area contributed by atoms with E-state index in [2.05, 4.69) is 10.6 Å². The molecule has 0 aromatic heterocycles. The molecule has 2 rings (SSSR count). The molecule has 0 bridgehead atoms. The van der Waals surface area contributed by atoms with Crippen molar-refractivity contribution in [3.8, 4) is 5.75 Å². The van der Waals surface area contributed by atoms with Gasteiger partial charge in [0.2, 0.25) is 5.91 Å². The predicted molar refractivity (Wildman–Crippen MR) is 127 cm³/mol. The predicted octanol–water partition coefficient (Wildman–Crippen LogP) is 4.21. The van der Waals surface area contributed by atoms with Gasteiger partial charge in [0.1, 0.15) is 5.75 Å². The Hall–Kier alpha value is -3.59. The number of halogens is 1. The summed E-state index contributed by atoms with van der Waals surface area (Å²) in [5.41, 5.74) is 1.25. The molecular formula is C24H27ClN2O7. The maximum atomic E-state index is 12.1. The van der Waals surface area contributed by atoms with E-state index in [0.29, 0.717) is 34.3 Å². The monoisotopic (exact) mass is 490 g/mol. The van der Waals surface area contributed by atoms with Crippen molar-refractivity contribution in [1.29, 1.82) is 0 Å². The van der Waals surface area contributed by atoms with Crippen LogP contribution in [0.1, 0.15) is 43.0 Å². The van der Waals surface area contributed by atoms with Crippen LogP contribution in [0.25, 0.3) is 0 Å². The molecule has 0 aliphatic carbocycles. The van der Waals surface area contributed by atoms with Crippen LogP contribution in [-0.2, 0) is 23.9 Å². The fraction of sp³-hybridized carbons (Fsp3) is 0.333. The van der Waals surface area contributed by atoms with Gasteiger partial charge in [-0.1, -0.05) is 18.5 Å². The Morgan fingerprint density at radius 1 is 0.912 bits per heavy atom. The molecule has 0 heterocycles. The Kier molecular flexibility index (Phi) is 10.9. The van der Waals surface area contributed by atoms with Gasteiger partial charge in [-0.05, 0) is 55.3 Å². The highest BCUT2D eigenvalue weighted by atomic mass is 35.5. The fourth-order valence-electron chi connectivity index (χ4n) is 2.77. The van der Waals surface area contributed by atoms with Crippen molar-refractivity contribution in [3.05, 3.63) is 53.1 Å². The third kappa shape index (κ3) is 9.11. The van der Waals surface area contributed by atoms with E-state index in [4.69, 9.17) is 25.8 Å². The summed E-state index contributed by atoms with van der Waals surface area (Å²) in [7, 11) is 1.48. The van der Waals surface area contributed by atoms with Crippen molar-refractivity contribution in [2.75, 3.05) is 31.0 Å². The van der Waals surface area contributed by atoms with Crippen LogP contribution in [0.2, 0.25) is 5.02 Å². The van der Waals surface area contributed by atoms with Gasteiger partial charge in [-0.15, -0.1) is 0 Å². The highest BCUT2D eigenvalue weighted by Gasteiger charge is 2.12. The lowest BCUT2D eigenvalue weighted by Crippen LogP contribution is -2.21. The van der Waals surface area contributed by atoms with Gasteiger partial charge in [-0.3, -0.25) is 14.4 Å². The Morgan fingerprint density at radius 2 is 1.65 bits per heavy atom. The van der Waals surface area contributed by atoms with Crippen LogP contribution in [0.5, 0.6) is 5.75 Å². The van der Waals surface area contributed by atoms with Crippen molar-refractivity contribution in [1.82, 2.24) is 0 Å². The highest BCUT2D eigenvalue weighted by Crippen LogP contribution is 2.27. The van der Waals surface area contributed by atoms with Crippen molar-refractivity contribution in [2.45, 2.75) is 32.6 Å². The van der Waals surface area contributed by atoms with E-state index in [9.17, 15) is 19.2 Å². The molecule has 0 saturated heterocycles. The third-order valence-electron chi connectivity index (χ3n) is 4.43. The minimum atomic E-state index is -0.600. The molecule has 2 aromatic rings. The summed E-state index contributed by atoms with van der Waals surface area (Å²) in [6, 6.07) is 11.0. The van der Waals surface area contributed by atoms with Crippen LogP contribution in [0.3, 0.4) is 0 Å². The Labute approximate surface area is 202 Å². The van der Waals surface area contributed by atoms with Gasteiger partial charge < -0.3 is 24.8 Å². The van der Waals surface area contributed by atoms with Gasteiger partial charge in [0.15, 0.2) is 6.61 Å². The van der Waals surface area contributed by atoms with Crippen LogP contribution in [0.15, 0.2) is 42.5 Å². The molecule has 0 radical (unpaired) electrons. The second kappa shape index (κ2) is 13.8. The Balaban J connectivity index is 1.68. The van der Waals surface area contributed by atoms with Crippen molar-refractivity contribution in [2.24, 2.45) is 0 Å². The van der Waals surface area contributed by atoms with Gasteiger partial charge in [-0.2, -0.15) is 0 Å². The number of anilines is 2. The van der Waals surface area contributed by atoms with Gasteiger partial charge in [0, 0.05) is 23.6 Å². The van der Waals surface area contributed by atoms with Gasteiger partial charge in [0.05, 0.1) is 25.0 Å². The average molecular weight is 491 g/mol. The lowest BCUT2D eigenvalue weighted by molar-refractivity contribution is -0.147. The molecule has 2 N–H and O–H groups in total. The van der Waals surface area contributed by atoms with Crippen LogP contribution >= 0.6 is 11.6 Å². The molecule has 0 saturated carbocycles. The van der Waals surface area contributed by atoms with E-state index in [1.54, 1.807) is 30.3 Å². The van der Waals surface area contributed by atoms with Crippen molar-refractivity contribution >= 4 is 46.7 Å². The second-order valence-corrected chi connectivity index (χ2v) is 7.60. The molecule has 2 amide bonds. The zero-order chi connectivity index (χ0) is 24.9. The first-order valence-corrected chi connectivity index (χ1v) is 11.1. The van der Waals surface area contributed by atoms with E-state index in [-0.39, 0.29) is 25.2 Å². The molecule has 182 valence electrons. The molecule has 0 aliphatic heterocycles. The molecule has 0 aliphatic rings. The molecular weight excluding hydrogens is 464 g/mol. The Bertz CT molecular complexity index is 1010. The average Bonchev–Trinajstić information content (AvgIpc) is 2.82. The standard InChI is InChI=1S/C24H27ClN2O7/c1-3-13-33-24(31)16-7-10-18(11-8-16)26-22(29)15-34-23(30)6-4-5-21(28)27-19-14-17(25)9-12-20(19)32-2/h7-12,14H,3-6,13,15H2,1-2H3,(H,26,29)(H,27,28). The summed E-state index contributed by atoms with van der Waals surface area (Å²) in [6.45, 7) is 1.77. The minimum absolute atomic E-state index is 0.0258. The van der Waals surface area contributed by atoms with Gasteiger partial charge >= 0.3 is 11.9 Å². The maximum absolute atomic E-state index is 12.1. The SMILES string of the molecule is CCCOC(=O)c1ccc(NC(=O)COC(=O)CCCC(=O)Nc2cc(Cl)ccc2OC)cc1. The third-order valence-corrected chi connectivity index (χ3v) is 4.66. The zero-order valence-electron chi connectivity index (χ0n) is 19.0. The summed E-state index contributed by atoms with van der Waals surface area (Å²) >= 11 is 5.93. The smallest absolute Gasteiger partial charge is 0.338 e. The molecule has 9 nitrogen and oxygen atoms in total. The fourth-order valence-corrected chi connectivity index (χ4v) is 2.94. The number of amides is 2. The topological polar surface area (TPSA) is 120 Å². The van der Waals surface area contributed by atoms with E-state index in [0.717, 1.165) is 6.42 Å². The van der Waals surface area contributed by atoms with E-state index < -0.39 is 24.5 Å². The second-order valence-electron chi connectivity index (χ2n) is 7.17. The number of hydrogen-bond donors (Lipinski definition) is 2. The number of benzene rings is 2. The van der Waals surface area contributed by atoms with Crippen LogP contribution in [0.4, 0.5) is 11.4 Å². The van der Waals surface area contributed by atoms with E-state index >= 15 is 0 Å². The number of nitrogens with one attached hydrogen (secondary N) is 2. The summed E-state index contributed by atoms with van der Waals surface area (Å²) in [4.78, 5) is 47.7. The summed E-state index contributed by atoms with van der Waals surface area (Å²) in [5, 5.41) is 5.70. The number of rotatable bonds is 12. The zero-order valence-corrected chi connectivity index (χ0v) is 19.8. The summed E-state index contributed by atoms with van der Waals surface area (Å²) < 4.78 is 15.1. The molecule has 2 aromatic carbocycles. The van der Waals surface area contributed by atoms with E-state index in [1.165, 1.54) is 19.2 Å². The molecule has 10 heteroatoms. The molecule has 0 atom stereocenters. The quantitative estimate of drug-likeness (QED) is 0.427. The molecule has 0 fully saturated rings. The first-order chi connectivity index (χ1) is 16.3. The van der Waals surface area contributed by atoms with E-state index in [1.807, 2.05) is 6.92 Å². The number of carbonyl (C=O) groups excluding carboxylic acids is 4. The molecule has 0 spiro atoms. The van der Waals surface area contributed by atoms with Crippen LogP contribution < -0.4 is 15.4 Å².